The van der Waals surface area contributed by atoms with E-state index >= 15 is 0 Å². The Kier molecular flexibility index (Phi) is 23.0. The Morgan fingerprint density at radius 1 is 0.675 bits per heavy atom. The first kappa shape index (κ1) is 58.2. The average Bonchev–Trinajstić information content (AvgIpc) is 4.09. The molecule has 4 aromatic heterocycles. The van der Waals surface area contributed by atoms with Gasteiger partial charge in [0.2, 0.25) is 0 Å². The van der Waals surface area contributed by atoms with Gasteiger partial charge in [-0.3, -0.25) is 19.4 Å². The molecule has 410 valence electrons. The average molecular weight is 1230 g/mol. The third kappa shape index (κ3) is 19.1. The number of carbonyl (C=O) groups is 2. The van der Waals surface area contributed by atoms with Gasteiger partial charge in [-0.25, -0.2) is 29.9 Å². The lowest BCUT2D eigenvalue weighted by Gasteiger charge is -2.35. The molecule has 9 rings (SSSR count). The monoisotopic (exact) mass is 1230 g/mol. The van der Waals surface area contributed by atoms with Crippen molar-refractivity contribution in [2.24, 2.45) is 0 Å². The minimum Gasteiger partial charge on any atom is -0.397 e. The molecule has 2 aliphatic rings. The number of halogens is 5. The molecule has 0 bridgehead atoms. The Balaban J connectivity index is 0.000000195. The van der Waals surface area contributed by atoms with E-state index in [0.717, 1.165) is 97.0 Å². The van der Waals surface area contributed by atoms with Gasteiger partial charge in [0, 0.05) is 105 Å². The summed E-state index contributed by atoms with van der Waals surface area (Å²) < 4.78 is 16.4. The van der Waals surface area contributed by atoms with Gasteiger partial charge in [0.05, 0.1) is 48.8 Å². The lowest BCUT2D eigenvalue weighted by Crippen LogP contribution is -2.47. The lowest BCUT2D eigenvalue weighted by molar-refractivity contribution is 0.0988. The summed E-state index contributed by atoms with van der Waals surface area (Å²) >= 11 is 29.9. The molecule has 24 heteroatoms. The molecule has 77 heavy (non-hydrogen) atoms. The van der Waals surface area contributed by atoms with E-state index in [1.165, 1.54) is 34.9 Å². The molecule has 2 aliphatic heterocycles. The fourth-order valence-corrected chi connectivity index (χ4v) is 11.1. The van der Waals surface area contributed by atoms with Crippen molar-refractivity contribution in [1.29, 1.82) is 0 Å². The number of anilines is 6. The number of nitrogen functional groups attached to an aromatic ring is 1. The van der Waals surface area contributed by atoms with E-state index < -0.39 is 0 Å². The summed E-state index contributed by atoms with van der Waals surface area (Å²) in [7, 11) is 0. The number of piperazine rings is 2. The van der Waals surface area contributed by atoms with Crippen LogP contribution in [0.4, 0.5) is 33.4 Å². The normalized spacial score (nSPS) is 13.9. The van der Waals surface area contributed by atoms with Crippen LogP contribution in [0.25, 0.3) is 0 Å². The number of hydrogen-bond donors (Lipinski definition) is 6. The molecule has 2 fully saturated rings. The minimum atomic E-state index is -0.0878. The molecule has 0 unspecified atom stereocenters. The second-order valence-electron chi connectivity index (χ2n) is 17.7. The number of aliphatic hydroxyl groups excluding tert-OH is 2. The standard InChI is InChI=1S/C23H27ClN6O2S.C17H14Cl2N4OS.C7H7BrClN.C6H14N2O/c1-15-4-3-5-18(24)17(15)12-19(32)20-14-25-23(33-20)28-21-13-22(27-16(2)26-21)30-8-6-29(7-9-30)10-11-31;1-9-4-3-5-12(18)11(9)6-13(24)14-8-20-17(25-14)23-16-7-15(19)21-10(2)22-16;1-4-2-5(8)3-6(9)7(4)10;9-6-5-8-3-1-7-2-4-8/h3-5,13-14,31H,6-12H2,1-2H3,(H,25,26,27,28);3-5,7-8H,6H2,1-2H3,(H,20,21,22,23);2-3H,10H2,1H3;7,9H,1-6H2/i2*3D;;. The number of ketones is 2. The Hall–Kier alpha value is -4.94. The molecule has 7 N–H and O–H groups in total. The first-order chi connectivity index (χ1) is 37.7. The molecule has 2 saturated heterocycles. The summed E-state index contributed by atoms with van der Waals surface area (Å²) in [5, 5.41) is 30.1. The van der Waals surface area contributed by atoms with Crippen LogP contribution >= 0.6 is 85.0 Å². The highest BCUT2D eigenvalue weighted by molar-refractivity contribution is 9.10. The van der Waals surface area contributed by atoms with E-state index in [1.54, 1.807) is 43.5 Å². The van der Waals surface area contributed by atoms with Crippen molar-refractivity contribution in [3.05, 3.63) is 147 Å². The van der Waals surface area contributed by atoms with Crippen LogP contribution in [0.15, 0.2) is 77.5 Å². The van der Waals surface area contributed by atoms with Crippen LogP contribution in [-0.2, 0) is 12.8 Å². The van der Waals surface area contributed by atoms with Gasteiger partial charge in [0.15, 0.2) is 21.8 Å². The third-order valence-electron chi connectivity index (χ3n) is 11.9. The van der Waals surface area contributed by atoms with E-state index in [-0.39, 0.29) is 31.0 Å². The van der Waals surface area contributed by atoms with Crippen LogP contribution in [0.3, 0.4) is 0 Å². The number of thiazole rings is 2. The summed E-state index contributed by atoms with van der Waals surface area (Å²) in [6.45, 7) is 18.9. The number of aliphatic hydroxyl groups is 2. The molecule has 0 saturated carbocycles. The summed E-state index contributed by atoms with van der Waals surface area (Å²) in [6, 6.07) is 14.3. The highest BCUT2D eigenvalue weighted by atomic mass is 79.9. The largest absolute Gasteiger partial charge is 0.397 e. The SMILES string of the molecule is Cc1cc(Br)cc(Cl)c1N.OCCN1CCNCC1.[2H]c1cc(C)c(CC(=O)c2cnc(Nc3cc(Cl)nc(C)n3)s2)c(Cl)c1.[2H]c1cc(C)c(CC(=O)c2cnc(Nc3cc(N4CCN(CCO)CC4)nc(C)n3)s2)c(Cl)c1. The molecule has 17 nitrogen and oxygen atoms in total. The number of aromatic nitrogens is 6. The number of carbonyl (C=O) groups excluding carboxylic acids is 2. The smallest absolute Gasteiger partial charge is 0.188 e. The van der Waals surface area contributed by atoms with Crippen molar-refractivity contribution in [3.8, 4) is 0 Å². The zero-order valence-corrected chi connectivity index (χ0v) is 49.4. The van der Waals surface area contributed by atoms with Gasteiger partial charge in [-0.2, -0.15) is 0 Å². The highest BCUT2D eigenvalue weighted by Crippen LogP contribution is 2.30. The Morgan fingerprint density at radius 2 is 1.17 bits per heavy atom. The van der Waals surface area contributed by atoms with E-state index in [1.807, 2.05) is 39.8 Å². The molecule has 3 aromatic carbocycles. The van der Waals surface area contributed by atoms with Crippen molar-refractivity contribution in [1.82, 2.24) is 45.0 Å². The molecule has 6 heterocycles. The number of nitrogens with two attached hydrogens (primary N) is 1. The summed E-state index contributed by atoms with van der Waals surface area (Å²) in [6.07, 6.45) is 3.40. The summed E-state index contributed by atoms with van der Waals surface area (Å²) in [5.41, 5.74) is 10.4. The Bertz CT molecular complexity index is 3110. The summed E-state index contributed by atoms with van der Waals surface area (Å²) in [4.78, 5) is 59.0. The first-order valence-electron chi connectivity index (χ1n) is 25.4. The van der Waals surface area contributed by atoms with Crippen LogP contribution < -0.4 is 26.6 Å². The van der Waals surface area contributed by atoms with Crippen molar-refractivity contribution in [2.75, 3.05) is 99.9 Å². The van der Waals surface area contributed by atoms with Gasteiger partial charge in [0.1, 0.15) is 34.3 Å². The van der Waals surface area contributed by atoms with Crippen LogP contribution in [-0.4, -0.2) is 140 Å². The predicted molar refractivity (Wildman–Crippen MR) is 318 cm³/mol. The zero-order chi connectivity index (χ0) is 57.3. The van der Waals surface area contributed by atoms with Gasteiger partial charge in [-0.15, -0.1) is 0 Å². The van der Waals surface area contributed by atoms with Crippen molar-refractivity contribution < 1.29 is 22.5 Å². The number of nitrogens with one attached hydrogen (secondary N) is 3. The Labute approximate surface area is 488 Å². The maximum Gasteiger partial charge on any atom is 0.188 e. The fourth-order valence-electron chi connectivity index (χ4n) is 7.79. The van der Waals surface area contributed by atoms with Gasteiger partial charge in [-0.1, -0.05) is 109 Å². The number of Topliss-reactive ketones (excluding diaryl/α,β-unsaturated/α-hetero) is 2. The molecular weight excluding hydrogens is 1170 g/mol. The molecule has 7 aromatic rings. The van der Waals surface area contributed by atoms with E-state index in [9.17, 15) is 9.59 Å². The van der Waals surface area contributed by atoms with Crippen LogP contribution in [0.5, 0.6) is 0 Å². The first-order valence-corrected chi connectivity index (χ1v) is 28.4. The van der Waals surface area contributed by atoms with Crippen molar-refractivity contribution in [2.45, 2.75) is 47.5 Å². The highest BCUT2D eigenvalue weighted by Gasteiger charge is 2.21. The quantitative estimate of drug-likeness (QED) is 0.0319. The number of nitrogens with zero attached hydrogens (tertiary/aromatic N) is 9. The van der Waals surface area contributed by atoms with Crippen LogP contribution in [0.2, 0.25) is 20.2 Å². The van der Waals surface area contributed by atoms with Gasteiger partial charge >= 0.3 is 0 Å². The van der Waals surface area contributed by atoms with Gasteiger partial charge < -0.3 is 36.8 Å². The molecule has 0 amide bonds. The molecule has 0 aliphatic carbocycles. The number of rotatable bonds is 15. The van der Waals surface area contributed by atoms with E-state index in [4.69, 9.17) is 65.1 Å². The molecular formula is C53H62BrCl4N13O4S2. The lowest BCUT2D eigenvalue weighted by atomic mass is 10.0. The number of aryl methyl sites for hydroxylation is 5. The van der Waals surface area contributed by atoms with Crippen molar-refractivity contribution >= 4 is 130 Å². The van der Waals surface area contributed by atoms with E-state index in [0.29, 0.717) is 94.4 Å². The molecule has 0 atom stereocenters. The maximum absolute atomic E-state index is 12.8. The van der Waals surface area contributed by atoms with Gasteiger partial charge in [0.25, 0.3) is 0 Å². The van der Waals surface area contributed by atoms with Gasteiger partial charge in [-0.05, 0) is 86.7 Å². The number of benzene rings is 3. The number of β-amino-alcohol motifs (C(OH)–C–C–N with tert-alkyl or cyclic N) is 2. The Morgan fingerprint density at radius 3 is 1.65 bits per heavy atom. The second-order valence-corrected chi connectivity index (χ2v) is 22.3. The molecule has 0 radical (unpaired) electrons. The van der Waals surface area contributed by atoms with Crippen LogP contribution in [0.1, 0.15) is 61.6 Å². The predicted octanol–water partition coefficient (Wildman–Crippen LogP) is 10.4. The summed E-state index contributed by atoms with van der Waals surface area (Å²) in [5.74, 6) is 3.00. The third-order valence-corrected chi connectivity index (χ3v) is 15.5. The second kappa shape index (κ2) is 30.4. The maximum atomic E-state index is 12.8. The van der Waals surface area contributed by atoms with E-state index in [2.05, 4.69) is 76.5 Å². The topological polar surface area (TPSA) is 224 Å². The fraction of sp³-hybridized carbons (Fsp3) is 0.358. The van der Waals surface area contributed by atoms with Crippen molar-refractivity contribution in [3.63, 3.8) is 0 Å². The minimum absolute atomic E-state index is 0.0754. The van der Waals surface area contributed by atoms with Crippen LogP contribution in [0, 0.1) is 34.6 Å². The molecule has 0 spiro atoms. The zero-order valence-electron chi connectivity index (χ0n) is 45.2. The number of hydrogen-bond acceptors (Lipinski definition) is 19.